The standard InChI is InChI=1S/C11H16FNO3S/c1-9(10-5-3-2-4-6-10)13-7-11(12)8-17(14,15)16/h2-6,9,11,13H,7-8H2,1H3,(H,14,15,16)/t9-,11-/m1/s1. The first-order valence-electron chi connectivity index (χ1n) is 5.26. The van der Waals surface area contributed by atoms with Gasteiger partial charge < -0.3 is 5.32 Å². The van der Waals surface area contributed by atoms with Gasteiger partial charge in [0, 0.05) is 12.6 Å². The van der Waals surface area contributed by atoms with Crippen molar-refractivity contribution in [3.63, 3.8) is 0 Å². The van der Waals surface area contributed by atoms with Crippen molar-refractivity contribution in [3.05, 3.63) is 35.9 Å². The topological polar surface area (TPSA) is 66.4 Å². The molecule has 6 heteroatoms. The number of hydrogen-bond donors (Lipinski definition) is 2. The summed E-state index contributed by atoms with van der Waals surface area (Å²) < 4.78 is 42.5. The Labute approximate surface area is 101 Å². The van der Waals surface area contributed by atoms with Crippen LogP contribution in [0.4, 0.5) is 4.39 Å². The molecular formula is C11H16FNO3S. The Balaban J connectivity index is 2.41. The SMILES string of the molecule is C[C@@H](NC[C@@H](F)CS(=O)(=O)O)c1ccccc1. The van der Waals surface area contributed by atoms with E-state index >= 15 is 0 Å². The second-order valence-corrected chi connectivity index (χ2v) is 5.38. The highest BCUT2D eigenvalue weighted by Crippen LogP contribution is 2.11. The summed E-state index contributed by atoms with van der Waals surface area (Å²) >= 11 is 0. The molecule has 0 unspecified atom stereocenters. The third-order valence-electron chi connectivity index (χ3n) is 2.34. The van der Waals surface area contributed by atoms with Crippen molar-refractivity contribution in [2.75, 3.05) is 12.3 Å². The molecule has 0 amide bonds. The average molecular weight is 261 g/mol. The van der Waals surface area contributed by atoms with Crippen molar-refractivity contribution >= 4 is 10.1 Å². The molecular weight excluding hydrogens is 245 g/mol. The molecule has 0 aliphatic rings. The molecule has 17 heavy (non-hydrogen) atoms. The van der Waals surface area contributed by atoms with Crippen molar-refractivity contribution in [3.8, 4) is 0 Å². The maximum atomic E-state index is 13.2. The molecule has 0 aromatic heterocycles. The summed E-state index contributed by atoms with van der Waals surface area (Å²) in [5.74, 6) is -0.874. The zero-order valence-corrected chi connectivity index (χ0v) is 10.3. The predicted octanol–water partition coefficient (Wildman–Crippen LogP) is 1.56. The van der Waals surface area contributed by atoms with Gasteiger partial charge in [-0.1, -0.05) is 30.3 Å². The number of hydrogen-bond acceptors (Lipinski definition) is 3. The van der Waals surface area contributed by atoms with Gasteiger partial charge in [-0.15, -0.1) is 0 Å². The van der Waals surface area contributed by atoms with Gasteiger partial charge in [0.1, 0.15) is 11.9 Å². The molecule has 4 nitrogen and oxygen atoms in total. The Morgan fingerprint density at radius 2 is 1.94 bits per heavy atom. The summed E-state index contributed by atoms with van der Waals surface area (Å²) in [6, 6.07) is 9.35. The number of alkyl halides is 1. The number of halogens is 1. The molecule has 0 fully saturated rings. The normalized spacial score (nSPS) is 15.5. The van der Waals surface area contributed by atoms with E-state index in [1.807, 2.05) is 37.3 Å². The van der Waals surface area contributed by atoms with E-state index in [0.717, 1.165) is 5.56 Å². The molecule has 0 saturated heterocycles. The van der Waals surface area contributed by atoms with Gasteiger partial charge in [0.05, 0.1) is 0 Å². The summed E-state index contributed by atoms with van der Waals surface area (Å²) in [5, 5.41) is 2.87. The van der Waals surface area contributed by atoms with Gasteiger partial charge in [-0.05, 0) is 12.5 Å². The highest BCUT2D eigenvalue weighted by molar-refractivity contribution is 7.85. The first-order valence-corrected chi connectivity index (χ1v) is 6.87. The van der Waals surface area contributed by atoms with Crippen LogP contribution in [-0.4, -0.2) is 31.4 Å². The monoisotopic (exact) mass is 261 g/mol. The molecule has 1 rings (SSSR count). The minimum absolute atomic E-state index is 0.0733. The van der Waals surface area contributed by atoms with Gasteiger partial charge in [-0.25, -0.2) is 4.39 Å². The first kappa shape index (κ1) is 14.1. The lowest BCUT2D eigenvalue weighted by Gasteiger charge is -2.15. The van der Waals surface area contributed by atoms with E-state index in [-0.39, 0.29) is 12.6 Å². The van der Waals surface area contributed by atoms with Gasteiger partial charge in [-0.3, -0.25) is 4.55 Å². The third-order valence-corrected chi connectivity index (χ3v) is 3.12. The van der Waals surface area contributed by atoms with Crippen molar-refractivity contribution in [2.45, 2.75) is 19.1 Å². The maximum Gasteiger partial charge on any atom is 0.267 e. The highest BCUT2D eigenvalue weighted by Gasteiger charge is 2.16. The van der Waals surface area contributed by atoms with E-state index in [0.29, 0.717) is 0 Å². The van der Waals surface area contributed by atoms with Gasteiger partial charge in [0.15, 0.2) is 0 Å². The molecule has 1 aromatic rings. The summed E-state index contributed by atoms with van der Waals surface area (Å²) in [7, 11) is -4.25. The van der Waals surface area contributed by atoms with E-state index in [4.69, 9.17) is 4.55 Å². The van der Waals surface area contributed by atoms with E-state index in [2.05, 4.69) is 5.32 Å². The number of nitrogens with one attached hydrogen (secondary N) is 1. The van der Waals surface area contributed by atoms with Gasteiger partial charge in [0.25, 0.3) is 10.1 Å². The van der Waals surface area contributed by atoms with Crippen LogP contribution in [0.15, 0.2) is 30.3 Å². The number of benzene rings is 1. The van der Waals surface area contributed by atoms with Crippen LogP contribution in [0, 0.1) is 0 Å². The lowest BCUT2D eigenvalue weighted by molar-refractivity contribution is 0.327. The number of rotatable bonds is 6. The summed E-state index contributed by atoms with van der Waals surface area (Å²) in [4.78, 5) is 0. The van der Waals surface area contributed by atoms with Crippen molar-refractivity contribution in [1.82, 2.24) is 5.32 Å². The van der Waals surface area contributed by atoms with Crippen LogP contribution >= 0.6 is 0 Å². The fraction of sp³-hybridized carbons (Fsp3) is 0.455. The Morgan fingerprint density at radius 1 is 1.35 bits per heavy atom. The fourth-order valence-corrected chi connectivity index (χ4v) is 2.03. The molecule has 96 valence electrons. The van der Waals surface area contributed by atoms with Gasteiger partial charge in [0.2, 0.25) is 0 Å². The van der Waals surface area contributed by atoms with Crippen LogP contribution in [-0.2, 0) is 10.1 Å². The molecule has 0 aliphatic heterocycles. The molecule has 0 bridgehead atoms. The minimum atomic E-state index is -4.25. The van der Waals surface area contributed by atoms with Crippen molar-refractivity contribution in [2.24, 2.45) is 0 Å². The van der Waals surface area contributed by atoms with E-state index in [1.165, 1.54) is 0 Å². The van der Waals surface area contributed by atoms with Crippen LogP contribution < -0.4 is 5.32 Å². The van der Waals surface area contributed by atoms with Crippen molar-refractivity contribution < 1.29 is 17.4 Å². The summed E-state index contributed by atoms with van der Waals surface area (Å²) in [6.45, 7) is 1.74. The Morgan fingerprint density at radius 3 is 2.47 bits per heavy atom. The predicted molar refractivity (Wildman–Crippen MR) is 64.2 cm³/mol. The smallest absolute Gasteiger partial charge is 0.267 e. The Bertz CT molecular complexity index is 435. The largest absolute Gasteiger partial charge is 0.307 e. The molecule has 0 aliphatic carbocycles. The molecule has 2 atom stereocenters. The fourth-order valence-electron chi connectivity index (χ4n) is 1.45. The third kappa shape index (κ3) is 5.76. The summed E-state index contributed by atoms with van der Waals surface area (Å²) in [6.07, 6.45) is -1.61. The minimum Gasteiger partial charge on any atom is -0.307 e. The Kier molecular flexibility index (Phi) is 5.04. The van der Waals surface area contributed by atoms with Crippen LogP contribution in [0.1, 0.15) is 18.5 Å². The van der Waals surface area contributed by atoms with E-state index in [9.17, 15) is 12.8 Å². The van der Waals surface area contributed by atoms with E-state index < -0.39 is 22.0 Å². The van der Waals surface area contributed by atoms with Crippen LogP contribution in [0.2, 0.25) is 0 Å². The second kappa shape index (κ2) is 6.09. The lowest BCUT2D eigenvalue weighted by atomic mass is 10.1. The average Bonchev–Trinajstić information content (AvgIpc) is 2.25. The lowest BCUT2D eigenvalue weighted by Crippen LogP contribution is -2.31. The molecule has 0 spiro atoms. The molecule has 0 saturated carbocycles. The zero-order chi connectivity index (χ0) is 12.9. The second-order valence-electron chi connectivity index (χ2n) is 3.89. The molecule has 0 radical (unpaired) electrons. The van der Waals surface area contributed by atoms with Crippen LogP contribution in [0.3, 0.4) is 0 Å². The van der Waals surface area contributed by atoms with E-state index in [1.54, 1.807) is 0 Å². The maximum absolute atomic E-state index is 13.2. The summed E-state index contributed by atoms with van der Waals surface area (Å²) in [5.41, 5.74) is 0.992. The van der Waals surface area contributed by atoms with Crippen molar-refractivity contribution in [1.29, 1.82) is 0 Å². The first-order chi connectivity index (χ1) is 7.88. The highest BCUT2D eigenvalue weighted by atomic mass is 32.2. The molecule has 2 N–H and O–H groups in total. The quantitative estimate of drug-likeness (QED) is 0.763. The van der Waals surface area contributed by atoms with Crippen LogP contribution in [0.25, 0.3) is 0 Å². The Hall–Kier alpha value is -0.980. The van der Waals surface area contributed by atoms with Gasteiger partial charge in [-0.2, -0.15) is 8.42 Å². The van der Waals surface area contributed by atoms with Gasteiger partial charge >= 0.3 is 0 Å². The molecule has 0 heterocycles. The van der Waals surface area contributed by atoms with Crippen LogP contribution in [0.5, 0.6) is 0 Å². The molecule has 1 aromatic carbocycles. The zero-order valence-electron chi connectivity index (χ0n) is 9.51.